The highest BCUT2D eigenvalue weighted by Crippen LogP contribution is 2.39. The van der Waals surface area contributed by atoms with Gasteiger partial charge in [0.2, 0.25) is 5.91 Å². The number of carbonyl (C=O) groups excluding carboxylic acids is 2. The van der Waals surface area contributed by atoms with Crippen LogP contribution < -0.4 is 19.7 Å². The maximum Gasteiger partial charge on any atom is 0.312 e. The Morgan fingerprint density at radius 1 is 1.30 bits per heavy atom. The number of benzene rings is 2. The van der Waals surface area contributed by atoms with Crippen LogP contribution in [0.2, 0.25) is 5.02 Å². The molecule has 0 saturated carbocycles. The molecule has 2 amide bonds. The van der Waals surface area contributed by atoms with Crippen LogP contribution in [0.25, 0.3) is 0 Å². The molecule has 1 aliphatic heterocycles. The molecule has 0 atom stereocenters. The van der Waals surface area contributed by atoms with Crippen molar-refractivity contribution in [1.29, 1.82) is 0 Å². The number of fused-ring (bicyclic) bond motifs is 1. The Labute approximate surface area is 177 Å². The zero-order chi connectivity index (χ0) is 22.1. The number of carbonyl (C=O) groups is 2. The fraction of sp³-hybridized carbons (Fsp3) is 0.300. The average Bonchev–Trinajstić information content (AvgIpc) is 2.68. The highest BCUT2D eigenvalue weighted by molar-refractivity contribution is 6.31. The molecule has 2 aromatic rings. The molecule has 0 radical (unpaired) electrons. The molecule has 0 bridgehead atoms. The molecule has 0 aromatic heterocycles. The minimum Gasteiger partial charge on any atom is -0.490 e. The van der Waals surface area contributed by atoms with Crippen molar-refractivity contribution in [1.82, 2.24) is 0 Å². The molecule has 9 nitrogen and oxygen atoms in total. The van der Waals surface area contributed by atoms with Gasteiger partial charge in [0.25, 0.3) is 5.91 Å². The Kier molecular flexibility index (Phi) is 5.84. The van der Waals surface area contributed by atoms with Crippen molar-refractivity contribution in [2.75, 3.05) is 23.9 Å². The summed E-state index contributed by atoms with van der Waals surface area (Å²) in [5.41, 5.74) is -0.610. The van der Waals surface area contributed by atoms with Gasteiger partial charge in [0, 0.05) is 29.7 Å². The molecule has 0 spiro atoms. The van der Waals surface area contributed by atoms with Gasteiger partial charge in [-0.1, -0.05) is 11.6 Å². The van der Waals surface area contributed by atoms with Crippen molar-refractivity contribution in [2.45, 2.75) is 25.9 Å². The predicted molar refractivity (Wildman–Crippen MR) is 111 cm³/mol. The summed E-state index contributed by atoms with van der Waals surface area (Å²) in [6.45, 7) is 3.38. The van der Waals surface area contributed by atoms with Gasteiger partial charge in [0.1, 0.15) is 5.75 Å². The zero-order valence-electron chi connectivity index (χ0n) is 16.6. The van der Waals surface area contributed by atoms with E-state index in [1.54, 1.807) is 32.0 Å². The van der Waals surface area contributed by atoms with Gasteiger partial charge in [-0.3, -0.25) is 19.7 Å². The Morgan fingerprint density at radius 3 is 2.70 bits per heavy atom. The number of ether oxygens (including phenoxy) is 2. The number of methoxy groups -OCH3 is 1. The van der Waals surface area contributed by atoms with Crippen LogP contribution in [0, 0.1) is 10.1 Å². The Bertz CT molecular complexity index is 1020. The second-order valence-electron chi connectivity index (χ2n) is 7.12. The van der Waals surface area contributed by atoms with Crippen molar-refractivity contribution in [2.24, 2.45) is 0 Å². The van der Waals surface area contributed by atoms with Crippen LogP contribution >= 0.6 is 11.6 Å². The normalized spacial score (nSPS) is 14.5. The molecule has 10 heteroatoms. The molecule has 1 aliphatic rings. The number of hydrogen-bond donors (Lipinski definition) is 1. The number of amides is 2. The Hall–Kier alpha value is -3.33. The zero-order valence-corrected chi connectivity index (χ0v) is 17.4. The highest BCUT2D eigenvalue weighted by Gasteiger charge is 2.40. The van der Waals surface area contributed by atoms with Gasteiger partial charge in [-0.2, -0.15) is 0 Å². The van der Waals surface area contributed by atoms with Crippen LogP contribution in [0.3, 0.4) is 0 Å². The molecule has 158 valence electrons. The van der Waals surface area contributed by atoms with Crippen LogP contribution in [-0.2, 0) is 9.59 Å². The van der Waals surface area contributed by atoms with E-state index in [9.17, 15) is 19.7 Å². The molecular formula is C20H20ClN3O6. The first kappa shape index (κ1) is 21.4. The summed E-state index contributed by atoms with van der Waals surface area (Å²) in [6, 6.07) is 9.06. The van der Waals surface area contributed by atoms with Gasteiger partial charge in [-0.05, 0) is 44.2 Å². The largest absolute Gasteiger partial charge is 0.490 e. The predicted octanol–water partition coefficient (Wildman–Crippen LogP) is 3.79. The third-order valence-corrected chi connectivity index (χ3v) is 4.79. The van der Waals surface area contributed by atoms with E-state index in [1.807, 2.05) is 0 Å². The van der Waals surface area contributed by atoms with E-state index < -0.39 is 16.4 Å². The number of anilines is 2. The first-order valence-corrected chi connectivity index (χ1v) is 9.43. The number of rotatable bonds is 6. The van der Waals surface area contributed by atoms with Crippen molar-refractivity contribution in [3.05, 3.63) is 51.5 Å². The number of halogens is 1. The lowest BCUT2D eigenvalue weighted by atomic mass is 10.0. The second kappa shape index (κ2) is 8.19. The second-order valence-corrected chi connectivity index (χ2v) is 7.56. The summed E-state index contributed by atoms with van der Waals surface area (Å²) < 4.78 is 10.7. The fourth-order valence-electron chi connectivity index (χ4n) is 3.11. The summed E-state index contributed by atoms with van der Waals surface area (Å²) in [5, 5.41) is 14.2. The average molecular weight is 434 g/mol. The third kappa shape index (κ3) is 4.30. The van der Waals surface area contributed by atoms with Crippen LogP contribution in [-0.4, -0.2) is 36.0 Å². The van der Waals surface area contributed by atoms with E-state index in [0.717, 1.165) is 0 Å². The van der Waals surface area contributed by atoms with Crippen LogP contribution in [0.15, 0.2) is 36.4 Å². The molecule has 30 heavy (non-hydrogen) atoms. The molecule has 0 saturated heterocycles. The van der Waals surface area contributed by atoms with E-state index in [-0.39, 0.29) is 36.0 Å². The van der Waals surface area contributed by atoms with Crippen molar-refractivity contribution >= 4 is 40.5 Å². The Balaban J connectivity index is 1.74. The van der Waals surface area contributed by atoms with E-state index in [0.29, 0.717) is 16.5 Å². The summed E-state index contributed by atoms with van der Waals surface area (Å²) in [6.07, 6.45) is -0.0341. The lowest BCUT2D eigenvalue weighted by Crippen LogP contribution is -2.53. The lowest BCUT2D eigenvalue weighted by molar-refractivity contribution is -0.385. The van der Waals surface area contributed by atoms with Crippen molar-refractivity contribution in [3.63, 3.8) is 0 Å². The summed E-state index contributed by atoms with van der Waals surface area (Å²) in [7, 11) is 1.32. The van der Waals surface area contributed by atoms with Crippen molar-refractivity contribution < 1.29 is 24.0 Å². The first-order valence-electron chi connectivity index (χ1n) is 9.05. The van der Waals surface area contributed by atoms with E-state index in [2.05, 4.69) is 5.32 Å². The molecule has 3 rings (SSSR count). The van der Waals surface area contributed by atoms with Crippen LogP contribution in [0.4, 0.5) is 17.1 Å². The van der Waals surface area contributed by atoms with E-state index in [4.69, 9.17) is 21.1 Å². The maximum atomic E-state index is 12.8. The number of nitro groups is 1. The summed E-state index contributed by atoms with van der Waals surface area (Å²) in [4.78, 5) is 37.3. The lowest BCUT2D eigenvalue weighted by Gasteiger charge is -2.38. The molecule has 2 aromatic carbocycles. The minimum absolute atomic E-state index is 0.0341. The van der Waals surface area contributed by atoms with Gasteiger partial charge < -0.3 is 19.7 Å². The first-order chi connectivity index (χ1) is 14.1. The van der Waals surface area contributed by atoms with E-state index >= 15 is 0 Å². The van der Waals surface area contributed by atoms with Gasteiger partial charge in [-0.25, -0.2) is 0 Å². The molecule has 0 fully saturated rings. The SMILES string of the molecule is COc1ccc(NC(=O)CCN2C(=O)C(C)(C)Oc3ccc(Cl)cc32)cc1[N+](=O)[O-]. The van der Waals surface area contributed by atoms with Gasteiger partial charge in [-0.15, -0.1) is 0 Å². The minimum atomic E-state index is -1.09. The Morgan fingerprint density at radius 2 is 2.03 bits per heavy atom. The molecular weight excluding hydrogens is 414 g/mol. The van der Waals surface area contributed by atoms with E-state index in [1.165, 1.54) is 30.2 Å². The monoisotopic (exact) mass is 433 g/mol. The quantitative estimate of drug-likeness (QED) is 0.548. The fourth-order valence-corrected chi connectivity index (χ4v) is 3.28. The number of nitro benzene ring substituents is 1. The maximum absolute atomic E-state index is 12.8. The summed E-state index contributed by atoms with van der Waals surface area (Å²) >= 11 is 6.06. The smallest absolute Gasteiger partial charge is 0.312 e. The number of nitrogens with zero attached hydrogens (tertiary/aromatic N) is 2. The van der Waals surface area contributed by atoms with Crippen molar-refractivity contribution in [3.8, 4) is 11.5 Å². The van der Waals surface area contributed by atoms with Gasteiger partial charge in [0.05, 0.1) is 17.7 Å². The molecule has 0 aliphatic carbocycles. The van der Waals surface area contributed by atoms with Crippen LogP contribution in [0.1, 0.15) is 20.3 Å². The number of hydrogen-bond acceptors (Lipinski definition) is 6. The van der Waals surface area contributed by atoms with Gasteiger partial charge >= 0.3 is 5.69 Å². The molecule has 0 unspecified atom stereocenters. The van der Waals surface area contributed by atoms with Gasteiger partial charge in [0.15, 0.2) is 11.4 Å². The standard InChI is InChI=1S/C20H20ClN3O6/c1-20(2)19(26)23(14-10-12(21)4-6-17(14)30-20)9-8-18(25)22-13-5-7-16(29-3)15(11-13)24(27)28/h4-7,10-11H,8-9H2,1-3H3,(H,22,25). The third-order valence-electron chi connectivity index (χ3n) is 4.56. The van der Waals surface area contributed by atoms with Crippen LogP contribution in [0.5, 0.6) is 11.5 Å². The molecule has 1 N–H and O–H groups in total. The summed E-state index contributed by atoms with van der Waals surface area (Å²) in [5.74, 6) is -0.122. The highest BCUT2D eigenvalue weighted by atomic mass is 35.5. The molecule has 1 heterocycles. The topological polar surface area (TPSA) is 111 Å². The number of nitrogens with one attached hydrogen (secondary N) is 1.